The van der Waals surface area contributed by atoms with Crippen molar-refractivity contribution in [3.05, 3.63) is 0 Å². The monoisotopic (exact) mass is 227 g/mol. The Bertz CT molecular complexity index is 246. The molecule has 16 heavy (non-hydrogen) atoms. The van der Waals surface area contributed by atoms with Crippen LogP contribution < -0.4 is 5.32 Å². The van der Waals surface area contributed by atoms with Gasteiger partial charge in [-0.1, -0.05) is 33.6 Å². The molecule has 1 aliphatic rings. The zero-order valence-electron chi connectivity index (χ0n) is 11.1. The van der Waals surface area contributed by atoms with Crippen molar-refractivity contribution in [1.82, 2.24) is 5.32 Å². The van der Waals surface area contributed by atoms with Crippen molar-refractivity contribution in [3.8, 4) is 0 Å². The molecule has 1 unspecified atom stereocenters. The molecule has 0 amide bonds. The van der Waals surface area contributed by atoms with Crippen LogP contribution in [0.5, 0.6) is 0 Å². The Morgan fingerprint density at radius 3 is 2.44 bits per heavy atom. The molecule has 3 heteroatoms. The second kappa shape index (κ2) is 5.17. The molecule has 1 saturated carbocycles. The third-order valence-corrected chi connectivity index (χ3v) is 4.14. The fourth-order valence-electron chi connectivity index (χ4n) is 2.95. The first-order valence-electron chi connectivity index (χ1n) is 6.29. The number of hydrogen-bond acceptors (Lipinski definition) is 3. The molecular formula is C13H25NO2. The maximum absolute atomic E-state index is 11.6. The topological polar surface area (TPSA) is 38.3 Å². The fourth-order valence-corrected chi connectivity index (χ4v) is 2.95. The summed E-state index contributed by atoms with van der Waals surface area (Å²) in [5.74, 6) is -0.101. The summed E-state index contributed by atoms with van der Waals surface area (Å²) in [5.41, 5.74) is 0.0859. The summed E-state index contributed by atoms with van der Waals surface area (Å²) in [6.07, 6.45) is 5.21. The first kappa shape index (κ1) is 13.5. The first-order valence-corrected chi connectivity index (χ1v) is 6.29. The number of esters is 1. The SMILES string of the molecule is CCNC1(CC(=O)OC)CCCCC1(C)C. The number of nitrogens with one attached hydrogen (secondary N) is 1. The van der Waals surface area contributed by atoms with Gasteiger partial charge in [-0.05, 0) is 24.8 Å². The van der Waals surface area contributed by atoms with Gasteiger partial charge in [0.25, 0.3) is 0 Å². The third kappa shape index (κ3) is 2.57. The first-order chi connectivity index (χ1) is 7.47. The van der Waals surface area contributed by atoms with Gasteiger partial charge in [0.1, 0.15) is 0 Å². The number of ether oxygens (including phenoxy) is 1. The molecule has 0 aliphatic heterocycles. The molecule has 0 spiro atoms. The van der Waals surface area contributed by atoms with Gasteiger partial charge in [-0.25, -0.2) is 0 Å². The van der Waals surface area contributed by atoms with Crippen molar-refractivity contribution in [3.63, 3.8) is 0 Å². The number of carbonyl (C=O) groups is 1. The van der Waals surface area contributed by atoms with E-state index in [1.165, 1.54) is 26.4 Å². The molecule has 0 aromatic carbocycles. The van der Waals surface area contributed by atoms with Crippen LogP contribution in [0, 0.1) is 5.41 Å². The summed E-state index contributed by atoms with van der Waals surface area (Å²) in [4.78, 5) is 11.6. The number of hydrogen-bond donors (Lipinski definition) is 1. The van der Waals surface area contributed by atoms with E-state index in [-0.39, 0.29) is 16.9 Å². The highest BCUT2D eigenvalue weighted by atomic mass is 16.5. The van der Waals surface area contributed by atoms with Gasteiger partial charge in [0.05, 0.1) is 13.5 Å². The Morgan fingerprint density at radius 2 is 1.94 bits per heavy atom. The van der Waals surface area contributed by atoms with E-state index in [1.807, 2.05) is 0 Å². The molecule has 94 valence electrons. The third-order valence-electron chi connectivity index (χ3n) is 4.14. The van der Waals surface area contributed by atoms with Crippen molar-refractivity contribution in [1.29, 1.82) is 0 Å². The zero-order valence-corrected chi connectivity index (χ0v) is 11.1. The second-order valence-corrected chi connectivity index (χ2v) is 5.46. The van der Waals surface area contributed by atoms with E-state index >= 15 is 0 Å². The van der Waals surface area contributed by atoms with E-state index in [1.54, 1.807) is 0 Å². The van der Waals surface area contributed by atoms with Gasteiger partial charge in [0.2, 0.25) is 0 Å². The van der Waals surface area contributed by atoms with E-state index in [0.717, 1.165) is 13.0 Å². The smallest absolute Gasteiger partial charge is 0.307 e. The Hall–Kier alpha value is -0.570. The van der Waals surface area contributed by atoms with E-state index in [4.69, 9.17) is 4.74 Å². The van der Waals surface area contributed by atoms with E-state index in [9.17, 15) is 4.79 Å². The minimum absolute atomic E-state index is 0.0763. The Kier molecular flexibility index (Phi) is 4.36. The van der Waals surface area contributed by atoms with Crippen molar-refractivity contribution in [2.75, 3.05) is 13.7 Å². The van der Waals surface area contributed by atoms with Crippen LogP contribution in [0.2, 0.25) is 0 Å². The molecule has 0 heterocycles. The van der Waals surface area contributed by atoms with Crippen LogP contribution in [0.1, 0.15) is 52.9 Å². The predicted octanol–water partition coefficient (Wildman–Crippen LogP) is 2.50. The standard InChI is InChI=1S/C13H25NO2/c1-5-14-13(10-11(15)16-4)9-7-6-8-12(13,2)3/h14H,5-10H2,1-4H3. The lowest BCUT2D eigenvalue weighted by Crippen LogP contribution is -2.58. The molecule has 0 radical (unpaired) electrons. The zero-order chi connectivity index (χ0) is 12.2. The highest BCUT2D eigenvalue weighted by molar-refractivity contribution is 5.71. The molecule has 1 N–H and O–H groups in total. The van der Waals surface area contributed by atoms with Crippen molar-refractivity contribution >= 4 is 5.97 Å². The summed E-state index contributed by atoms with van der Waals surface area (Å²) in [7, 11) is 1.47. The molecule has 0 aromatic heterocycles. The number of rotatable bonds is 4. The quantitative estimate of drug-likeness (QED) is 0.750. The largest absolute Gasteiger partial charge is 0.469 e. The van der Waals surface area contributed by atoms with Crippen LogP contribution in [0.15, 0.2) is 0 Å². The minimum atomic E-state index is -0.101. The van der Waals surface area contributed by atoms with Gasteiger partial charge in [-0.2, -0.15) is 0 Å². The van der Waals surface area contributed by atoms with Gasteiger partial charge >= 0.3 is 5.97 Å². The van der Waals surface area contributed by atoms with Crippen molar-refractivity contribution in [2.45, 2.75) is 58.4 Å². The van der Waals surface area contributed by atoms with E-state index in [2.05, 4.69) is 26.1 Å². The van der Waals surface area contributed by atoms with Gasteiger partial charge in [-0.15, -0.1) is 0 Å². The Labute approximate surface area is 98.9 Å². The number of methoxy groups -OCH3 is 1. The van der Waals surface area contributed by atoms with E-state index < -0.39 is 0 Å². The second-order valence-electron chi connectivity index (χ2n) is 5.46. The van der Waals surface area contributed by atoms with Gasteiger partial charge in [-0.3, -0.25) is 4.79 Å². The summed E-state index contributed by atoms with van der Waals surface area (Å²) in [5, 5.41) is 3.55. The highest BCUT2D eigenvalue weighted by Gasteiger charge is 2.47. The lowest BCUT2D eigenvalue weighted by molar-refractivity contribution is -0.144. The van der Waals surface area contributed by atoms with Crippen LogP contribution >= 0.6 is 0 Å². The average molecular weight is 227 g/mol. The van der Waals surface area contributed by atoms with Crippen LogP contribution in [0.3, 0.4) is 0 Å². The molecular weight excluding hydrogens is 202 g/mol. The Balaban J connectivity index is 2.88. The summed E-state index contributed by atoms with van der Waals surface area (Å²) >= 11 is 0. The molecule has 1 aliphatic carbocycles. The van der Waals surface area contributed by atoms with Crippen LogP contribution in [-0.4, -0.2) is 25.2 Å². The predicted molar refractivity (Wildman–Crippen MR) is 65.3 cm³/mol. The molecule has 1 atom stereocenters. The van der Waals surface area contributed by atoms with Crippen LogP contribution in [0.4, 0.5) is 0 Å². The van der Waals surface area contributed by atoms with Gasteiger partial charge in [0.15, 0.2) is 0 Å². The average Bonchev–Trinajstić information content (AvgIpc) is 2.22. The van der Waals surface area contributed by atoms with E-state index in [0.29, 0.717) is 6.42 Å². The van der Waals surface area contributed by atoms with Gasteiger partial charge < -0.3 is 10.1 Å². The fraction of sp³-hybridized carbons (Fsp3) is 0.923. The maximum Gasteiger partial charge on any atom is 0.307 e. The summed E-state index contributed by atoms with van der Waals surface area (Å²) in [6.45, 7) is 7.53. The lowest BCUT2D eigenvalue weighted by atomic mass is 9.61. The van der Waals surface area contributed by atoms with Gasteiger partial charge in [0, 0.05) is 5.54 Å². The Morgan fingerprint density at radius 1 is 1.31 bits per heavy atom. The van der Waals surface area contributed by atoms with Crippen molar-refractivity contribution < 1.29 is 9.53 Å². The normalized spacial score (nSPS) is 28.8. The maximum atomic E-state index is 11.6. The molecule has 1 fully saturated rings. The molecule has 0 saturated heterocycles. The van der Waals surface area contributed by atoms with Crippen molar-refractivity contribution in [2.24, 2.45) is 5.41 Å². The molecule has 0 aromatic rings. The molecule has 0 bridgehead atoms. The minimum Gasteiger partial charge on any atom is -0.469 e. The number of carbonyl (C=O) groups excluding carboxylic acids is 1. The molecule has 1 rings (SSSR count). The summed E-state index contributed by atoms with van der Waals surface area (Å²) in [6, 6.07) is 0. The van der Waals surface area contributed by atoms with Crippen LogP contribution in [-0.2, 0) is 9.53 Å². The highest BCUT2D eigenvalue weighted by Crippen LogP contribution is 2.45. The molecule has 3 nitrogen and oxygen atoms in total. The summed E-state index contributed by atoms with van der Waals surface area (Å²) < 4.78 is 4.84. The van der Waals surface area contributed by atoms with Crippen LogP contribution in [0.25, 0.3) is 0 Å². The lowest BCUT2D eigenvalue weighted by Gasteiger charge is -2.50.